The molecule has 0 spiro atoms. The van der Waals surface area contributed by atoms with Crippen molar-refractivity contribution in [3.8, 4) is 17.2 Å². The number of amides is 1. The molecule has 2 heterocycles. The summed E-state index contributed by atoms with van der Waals surface area (Å²) in [5.41, 5.74) is 1.07. The summed E-state index contributed by atoms with van der Waals surface area (Å²) in [6.45, 7) is 0.264. The molecule has 0 bridgehead atoms. The number of nitrogens with one attached hydrogen (secondary N) is 1. The van der Waals surface area contributed by atoms with Crippen LogP contribution in [0.1, 0.15) is 11.9 Å². The molecule has 1 N–H and O–H groups in total. The summed E-state index contributed by atoms with van der Waals surface area (Å²) in [7, 11) is 0. The zero-order valence-corrected chi connectivity index (χ0v) is 19.1. The first-order valence-electron chi connectivity index (χ1n) is 10.6. The summed E-state index contributed by atoms with van der Waals surface area (Å²) in [5.74, 6) is 1.54. The summed E-state index contributed by atoms with van der Waals surface area (Å²) < 4.78 is 13.8. The van der Waals surface area contributed by atoms with Gasteiger partial charge < -0.3 is 14.8 Å². The number of anilines is 1. The van der Waals surface area contributed by atoms with E-state index in [9.17, 15) is 14.9 Å². The number of nitrogens with zero attached hydrogens (tertiary/aromatic N) is 4. The van der Waals surface area contributed by atoms with Gasteiger partial charge in [0, 0.05) is 23.5 Å². The molecule has 0 aliphatic carbocycles. The first kappa shape index (κ1) is 22.4. The molecule has 35 heavy (non-hydrogen) atoms. The molecule has 1 aromatic heterocycles. The van der Waals surface area contributed by atoms with E-state index in [1.165, 1.54) is 30.0 Å². The summed E-state index contributed by atoms with van der Waals surface area (Å²) in [6, 6.07) is 22.7. The lowest BCUT2D eigenvalue weighted by Crippen LogP contribution is -2.24. The van der Waals surface area contributed by atoms with Crippen molar-refractivity contribution in [1.29, 1.82) is 0 Å². The van der Waals surface area contributed by atoms with Crippen LogP contribution in [0.4, 0.5) is 11.4 Å². The Morgan fingerprint density at radius 3 is 2.63 bits per heavy atom. The molecule has 11 heteroatoms. The van der Waals surface area contributed by atoms with Gasteiger partial charge in [-0.05, 0) is 30.3 Å². The average Bonchev–Trinajstić information content (AvgIpc) is 3.32. The number of rotatable bonds is 7. The summed E-state index contributed by atoms with van der Waals surface area (Å²) in [6.07, 6.45) is -0.495. The molecule has 10 nitrogen and oxygen atoms in total. The fourth-order valence-electron chi connectivity index (χ4n) is 3.57. The van der Waals surface area contributed by atoms with Crippen LogP contribution in [0.15, 0.2) is 84.0 Å². The van der Waals surface area contributed by atoms with E-state index in [2.05, 4.69) is 15.5 Å². The summed E-state index contributed by atoms with van der Waals surface area (Å²) in [4.78, 5) is 23.0. The van der Waals surface area contributed by atoms with Crippen LogP contribution < -0.4 is 14.8 Å². The van der Waals surface area contributed by atoms with Crippen LogP contribution in [0.5, 0.6) is 11.5 Å². The van der Waals surface area contributed by atoms with Gasteiger partial charge in [-0.2, -0.15) is 0 Å². The maximum absolute atomic E-state index is 12.6. The van der Waals surface area contributed by atoms with Crippen molar-refractivity contribution in [3.63, 3.8) is 0 Å². The topological polar surface area (TPSA) is 121 Å². The van der Waals surface area contributed by atoms with Crippen molar-refractivity contribution in [1.82, 2.24) is 14.8 Å². The number of nitro benzene ring substituents is 1. The molecule has 0 saturated heterocycles. The van der Waals surface area contributed by atoms with E-state index in [4.69, 9.17) is 9.47 Å². The van der Waals surface area contributed by atoms with Gasteiger partial charge in [0.05, 0.1) is 10.7 Å². The predicted octanol–water partition coefficient (Wildman–Crippen LogP) is 4.42. The molecule has 1 atom stereocenters. The molecule has 0 radical (unpaired) electrons. The minimum atomic E-state index is -0.510. The highest BCUT2D eigenvalue weighted by Crippen LogP contribution is 2.37. The quantitative estimate of drug-likeness (QED) is 0.230. The molecule has 1 aliphatic heterocycles. The van der Waals surface area contributed by atoms with Crippen molar-refractivity contribution in [2.24, 2.45) is 0 Å². The lowest BCUT2D eigenvalue weighted by molar-refractivity contribution is -0.384. The highest BCUT2D eigenvalue weighted by Gasteiger charge is 2.29. The zero-order valence-electron chi connectivity index (χ0n) is 18.2. The third-order valence-electron chi connectivity index (χ3n) is 5.14. The lowest BCUT2D eigenvalue weighted by Gasteiger charge is -2.26. The number of non-ortho nitro benzene ring substituents is 1. The molecule has 3 aromatic carbocycles. The van der Waals surface area contributed by atoms with Gasteiger partial charge in [0.15, 0.2) is 28.6 Å². The number of benzene rings is 3. The normalized spacial score (nSPS) is 14.3. The Labute approximate surface area is 204 Å². The van der Waals surface area contributed by atoms with Crippen molar-refractivity contribution < 1.29 is 19.2 Å². The van der Waals surface area contributed by atoms with Crippen LogP contribution in [-0.4, -0.2) is 38.0 Å². The molecule has 4 aromatic rings. The third-order valence-corrected chi connectivity index (χ3v) is 6.07. The third kappa shape index (κ3) is 4.94. The number of hydrogen-bond donors (Lipinski definition) is 1. The predicted molar refractivity (Wildman–Crippen MR) is 129 cm³/mol. The summed E-state index contributed by atoms with van der Waals surface area (Å²) >= 11 is 1.20. The van der Waals surface area contributed by atoms with Crippen molar-refractivity contribution in [3.05, 3.63) is 94.8 Å². The van der Waals surface area contributed by atoms with Gasteiger partial charge in [0.2, 0.25) is 5.91 Å². The van der Waals surface area contributed by atoms with E-state index in [1.54, 1.807) is 6.07 Å². The van der Waals surface area contributed by atoms with Crippen LogP contribution >= 0.6 is 11.8 Å². The second kappa shape index (κ2) is 9.85. The van der Waals surface area contributed by atoms with Crippen molar-refractivity contribution in [2.45, 2.75) is 11.3 Å². The Kier molecular flexibility index (Phi) is 6.31. The minimum absolute atomic E-state index is 0.0263. The Bertz CT molecular complexity index is 1380. The van der Waals surface area contributed by atoms with Crippen LogP contribution in [-0.2, 0) is 4.79 Å². The van der Waals surface area contributed by atoms with E-state index >= 15 is 0 Å². The van der Waals surface area contributed by atoms with Gasteiger partial charge in [0.25, 0.3) is 5.69 Å². The number of carbonyl (C=O) groups is 1. The van der Waals surface area contributed by atoms with Crippen LogP contribution in [0, 0.1) is 10.1 Å². The standard InChI is InChI=1S/C24H19N5O5S/c30-22(25-16-7-6-10-18(13-16)29(31)32)15-35-24-27-26-23(28(24)17-8-2-1-3-9-17)21-14-33-19-11-4-5-12-20(19)34-21/h1-13,21H,14-15H2,(H,25,30). The van der Waals surface area contributed by atoms with Gasteiger partial charge in [-0.15, -0.1) is 10.2 Å². The Balaban J connectivity index is 1.36. The number of hydrogen-bond acceptors (Lipinski definition) is 8. The van der Waals surface area contributed by atoms with Gasteiger partial charge in [-0.3, -0.25) is 19.5 Å². The number of carbonyl (C=O) groups excluding carboxylic acids is 1. The Morgan fingerprint density at radius 2 is 1.83 bits per heavy atom. The fourth-order valence-corrected chi connectivity index (χ4v) is 4.33. The summed E-state index contributed by atoms with van der Waals surface area (Å²) in [5, 5.41) is 22.8. The molecule has 1 amide bonds. The molecule has 176 valence electrons. The number of fused-ring (bicyclic) bond motifs is 1. The minimum Gasteiger partial charge on any atom is -0.485 e. The van der Waals surface area contributed by atoms with E-state index < -0.39 is 11.0 Å². The first-order valence-corrected chi connectivity index (χ1v) is 11.6. The second-order valence-corrected chi connectivity index (χ2v) is 8.46. The van der Waals surface area contributed by atoms with Crippen molar-refractivity contribution >= 4 is 29.0 Å². The second-order valence-electron chi connectivity index (χ2n) is 7.52. The molecule has 1 aliphatic rings. The largest absolute Gasteiger partial charge is 0.485 e. The van der Waals surface area contributed by atoms with Gasteiger partial charge in [-0.1, -0.05) is 48.2 Å². The molecule has 0 saturated carbocycles. The number of para-hydroxylation sites is 3. The maximum Gasteiger partial charge on any atom is 0.271 e. The molecule has 5 rings (SSSR count). The van der Waals surface area contributed by atoms with E-state index in [-0.39, 0.29) is 24.0 Å². The van der Waals surface area contributed by atoms with Gasteiger partial charge >= 0.3 is 0 Å². The van der Waals surface area contributed by atoms with Crippen LogP contribution in [0.25, 0.3) is 5.69 Å². The van der Waals surface area contributed by atoms with Crippen molar-refractivity contribution in [2.75, 3.05) is 17.7 Å². The number of aromatic nitrogens is 3. The van der Waals surface area contributed by atoms with Crippen LogP contribution in [0.3, 0.4) is 0 Å². The lowest BCUT2D eigenvalue weighted by atomic mass is 10.2. The molecular weight excluding hydrogens is 470 g/mol. The molecule has 1 unspecified atom stereocenters. The van der Waals surface area contributed by atoms with E-state index in [0.717, 1.165) is 5.69 Å². The number of ether oxygens (including phenoxy) is 2. The fraction of sp³-hybridized carbons (Fsp3) is 0.125. The Morgan fingerprint density at radius 1 is 1.06 bits per heavy atom. The highest BCUT2D eigenvalue weighted by molar-refractivity contribution is 7.99. The Hall–Kier alpha value is -4.38. The number of nitro groups is 1. The smallest absolute Gasteiger partial charge is 0.271 e. The molecule has 0 fully saturated rings. The SMILES string of the molecule is O=C(CSc1nnc(C2COc3ccccc3O2)n1-c1ccccc1)Nc1cccc([N+](=O)[O-])c1. The highest BCUT2D eigenvalue weighted by atomic mass is 32.2. The van der Waals surface area contributed by atoms with E-state index in [0.29, 0.717) is 28.2 Å². The maximum atomic E-state index is 12.6. The van der Waals surface area contributed by atoms with Gasteiger partial charge in [0.1, 0.15) is 6.61 Å². The van der Waals surface area contributed by atoms with Crippen LogP contribution in [0.2, 0.25) is 0 Å². The first-order chi connectivity index (χ1) is 17.1. The average molecular weight is 490 g/mol. The number of thioether (sulfide) groups is 1. The zero-order chi connectivity index (χ0) is 24.2. The van der Waals surface area contributed by atoms with E-state index in [1.807, 2.05) is 59.2 Å². The van der Waals surface area contributed by atoms with Gasteiger partial charge in [-0.25, -0.2) is 0 Å². The monoisotopic (exact) mass is 489 g/mol. The molecular formula is C24H19N5O5S.